The maximum absolute atomic E-state index is 12.0. The van der Waals surface area contributed by atoms with Gasteiger partial charge in [0.25, 0.3) is 0 Å². The van der Waals surface area contributed by atoms with Crippen molar-refractivity contribution in [3.8, 4) is 0 Å². The predicted octanol–water partition coefficient (Wildman–Crippen LogP) is 2.52. The van der Waals surface area contributed by atoms with Crippen LogP contribution < -0.4 is 11.0 Å². The molecule has 0 fully saturated rings. The quantitative estimate of drug-likeness (QED) is 0.942. The zero-order valence-electron chi connectivity index (χ0n) is 11.3. The topological polar surface area (TPSA) is 56.0 Å². The molecule has 0 radical (unpaired) electrons. The van der Waals surface area contributed by atoms with Crippen molar-refractivity contribution >= 4 is 23.2 Å². The highest BCUT2D eigenvalue weighted by Crippen LogP contribution is 2.14. The Balaban J connectivity index is 2.07. The molecule has 5 nitrogen and oxygen atoms in total. The lowest BCUT2D eigenvalue weighted by molar-refractivity contribution is -0.116. The van der Waals surface area contributed by atoms with Gasteiger partial charge in [-0.05, 0) is 32.0 Å². The highest BCUT2D eigenvalue weighted by Gasteiger charge is 2.10. The van der Waals surface area contributed by atoms with E-state index in [2.05, 4.69) is 5.32 Å². The van der Waals surface area contributed by atoms with Crippen molar-refractivity contribution in [2.45, 2.75) is 26.4 Å². The molecule has 0 aliphatic rings. The molecule has 1 heterocycles. The van der Waals surface area contributed by atoms with Gasteiger partial charge >= 0.3 is 5.69 Å². The largest absolute Gasteiger partial charge is 0.328 e. The van der Waals surface area contributed by atoms with Crippen LogP contribution in [0.3, 0.4) is 0 Å². The number of anilines is 1. The maximum Gasteiger partial charge on any atom is 0.328 e. The summed E-state index contributed by atoms with van der Waals surface area (Å²) >= 11 is 5.84. The molecule has 1 amide bonds. The Morgan fingerprint density at radius 3 is 2.70 bits per heavy atom. The molecule has 20 heavy (non-hydrogen) atoms. The van der Waals surface area contributed by atoms with Crippen LogP contribution >= 0.6 is 11.6 Å². The predicted molar refractivity (Wildman–Crippen MR) is 79.2 cm³/mol. The van der Waals surface area contributed by atoms with Gasteiger partial charge in [0, 0.05) is 29.1 Å². The molecule has 2 rings (SSSR count). The van der Waals surface area contributed by atoms with Gasteiger partial charge in [0.15, 0.2) is 0 Å². The number of hydrogen-bond acceptors (Lipinski definition) is 2. The molecule has 1 aromatic heterocycles. The van der Waals surface area contributed by atoms with Gasteiger partial charge in [-0.1, -0.05) is 17.7 Å². The summed E-state index contributed by atoms with van der Waals surface area (Å²) in [5, 5.41) is 3.25. The summed E-state index contributed by atoms with van der Waals surface area (Å²) in [5.41, 5.74) is 0.417. The van der Waals surface area contributed by atoms with E-state index in [-0.39, 0.29) is 24.2 Å². The summed E-state index contributed by atoms with van der Waals surface area (Å²) in [5.74, 6) is -0.268. The van der Waals surface area contributed by atoms with Crippen LogP contribution in [0.15, 0.2) is 41.5 Å². The summed E-state index contributed by atoms with van der Waals surface area (Å²) in [4.78, 5) is 23.9. The van der Waals surface area contributed by atoms with E-state index in [1.807, 2.05) is 13.8 Å². The summed E-state index contributed by atoms with van der Waals surface area (Å²) in [6.07, 6.45) is 3.29. The Bertz CT molecular complexity index is 673. The van der Waals surface area contributed by atoms with E-state index in [0.29, 0.717) is 10.7 Å². The maximum atomic E-state index is 12.0. The van der Waals surface area contributed by atoms with E-state index >= 15 is 0 Å². The minimum Gasteiger partial charge on any atom is -0.324 e. The lowest BCUT2D eigenvalue weighted by Gasteiger charge is -2.06. The average molecular weight is 294 g/mol. The zero-order chi connectivity index (χ0) is 14.7. The third kappa shape index (κ3) is 3.30. The van der Waals surface area contributed by atoms with Crippen LogP contribution in [-0.2, 0) is 11.3 Å². The molecule has 2 aromatic rings. The van der Waals surface area contributed by atoms with Crippen LogP contribution in [0.5, 0.6) is 0 Å². The molecular formula is C14H16ClN3O2. The van der Waals surface area contributed by atoms with Crippen LogP contribution in [0.1, 0.15) is 19.9 Å². The van der Waals surface area contributed by atoms with Crippen LogP contribution in [0.25, 0.3) is 0 Å². The molecule has 0 spiro atoms. The number of nitrogens with zero attached hydrogens (tertiary/aromatic N) is 2. The fraction of sp³-hybridized carbons (Fsp3) is 0.286. The summed E-state index contributed by atoms with van der Waals surface area (Å²) in [6.45, 7) is 3.81. The minimum absolute atomic E-state index is 0.0228. The molecule has 0 atom stereocenters. The van der Waals surface area contributed by atoms with Crippen molar-refractivity contribution in [3.05, 3.63) is 52.2 Å². The highest BCUT2D eigenvalue weighted by molar-refractivity contribution is 6.30. The Morgan fingerprint density at radius 2 is 2.10 bits per heavy atom. The molecule has 0 aliphatic carbocycles. The van der Waals surface area contributed by atoms with Gasteiger partial charge in [0.1, 0.15) is 6.54 Å². The monoisotopic (exact) mass is 293 g/mol. The first-order valence-corrected chi connectivity index (χ1v) is 6.68. The van der Waals surface area contributed by atoms with Gasteiger partial charge in [-0.3, -0.25) is 13.9 Å². The van der Waals surface area contributed by atoms with E-state index < -0.39 is 0 Å². The third-order valence-electron chi connectivity index (χ3n) is 2.85. The molecule has 0 aliphatic heterocycles. The Labute approximate surface area is 121 Å². The van der Waals surface area contributed by atoms with E-state index in [4.69, 9.17) is 11.6 Å². The molecule has 1 aromatic carbocycles. The first kappa shape index (κ1) is 14.4. The first-order valence-electron chi connectivity index (χ1n) is 6.30. The first-order chi connectivity index (χ1) is 9.47. The average Bonchev–Trinajstić information content (AvgIpc) is 2.71. The molecule has 1 N–H and O–H groups in total. The van der Waals surface area contributed by atoms with Gasteiger partial charge in [-0.25, -0.2) is 4.79 Å². The van der Waals surface area contributed by atoms with Crippen molar-refractivity contribution in [2.75, 3.05) is 5.32 Å². The zero-order valence-corrected chi connectivity index (χ0v) is 12.1. The number of imidazole rings is 1. The van der Waals surface area contributed by atoms with Gasteiger partial charge in [-0.2, -0.15) is 0 Å². The van der Waals surface area contributed by atoms with Gasteiger partial charge in [0.05, 0.1) is 0 Å². The lowest BCUT2D eigenvalue weighted by atomic mass is 10.3. The van der Waals surface area contributed by atoms with E-state index in [9.17, 15) is 9.59 Å². The van der Waals surface area contributed by atoms with Crippen molar-refractivity contribution < 1.29 is 4.79 Å². The Hall–Kier alpha value is -2.01. The second-order valence-electron chi connectivity index (χ2n) is 4.77. The number of carbonyl (C=O) groups excluding carboxylic acids is 1. The normalized spacial score (nSPS) is 10.8. The Kier molecular flexibility index (Phi) is 4.29. The van der Waals surface area contributed by atoms with Crippen molar-refractivity contribution in [2.24, 2.45) is 0 Å². The summed E-state index contributed by atoms with van der Waals surface area (Å²) in [6, 6.07) is 6.94. The number of amides is 1. The molecule has 0 bridgehead atoms. The van der Waals surface area contributed by atoms with E-state index in [1.165, 1.54) is 4.57 Å². The number of hydrogen-bond donors (Lipinski definition) is 1. The van der Waals surface area contributed by atoms with Crippen LogP contribution in [-0.4, -0.2) is 15.0 Å². The molecule has 0 unspecified atom stereocenters. The number of halogens is 1. The van der Waals surface area contributed by atoms with Gasteiger partial charge in [0.2, 0.25) is 5.91 Å². The standard InChI is InChI=1S/C14H16ClN3O2/c1-10(2)18-7-6-17(14(18)20)9-13(19)16-12-5-3-4-11(15)8-12/h3-8,10H,9H2,1-2H3,(H,16,19). The summed E-state index contributed by atoms with van der Waals surface area (Å²) < 4.78 is 2.95. The lowest BCUT2D eigenvalue weighted by Crippen LogP contribution is -2.29. The van der Waals surface area contributed by atoms with Gasteiger partial charge < -0.3 is 5.32 Å². The van der Waals surface area contributed by atoms with Crippen LogP contribution in [0.4, 0.5) is 5.69 Å². The smallest absolute Gasteiger partial charge is 0.324 e. The molecule has 0 saturated carbocycles. The number of nitrogens with one attached hydrogen (secondary N) is 1. The summed E-state index contributed by atoms with van der Waals surface area (Å²) in [7, 11) is 0. The molecule has 106 valence electrons. The number of aromatic nitrogens is 2. The SMILES string of the molecule is CC(C)n1ccn(CC(=O)Nc2cccc(Cl)c2)c1=O. The Morgan fingerprint density at radius 1 is 1.35 bits per heavy atom. The van der Waals surface area contributed by atoms with Crippen molar-refractivity contribution in [3.63, 3.8) is 0 Å². The highest BCUT2D eigenvalue weighted by atomic mass is 35.5. The minimum atomic E-state index is -0.268. The van der Waals surface area contributed by atoms with E-state index in [1.54, 1.807) is 41.2 Å². The molecule has 6 heteroatoms. The van der Waals surface area contributed by atoms with Crippen molar-refractivity contribution in [1.29, 1.82) is 0 Å². The van der Waals surface area contributed by atoms with Crippen molar-refractivity contribution in [1.82, 2.24) is 9.13 Å². The van der Waals surface area contributed by atoms with Gasteiger partial charge in [-0.15, -0.1) is 0 Å². The van der Waals surface area contributed by atoms with Crippen LogP contribution in [0.2, 0.25) is 5.02 Å². The fourth-order valence-corrected chi connectivity index (χ4v) is 2.05. The van der Waals surface area contributed by atoms with Crippen LogP contribution in [0, 0.1) is 0 Å². The van der Waals surface area contributed by atoms with E-state index in [0.717, 1.165) is 0 Å². The fourth-order valence-electron chi connectivity index (χ4n) is 1.86. The number of rotatable bonds is 4. The second kappa shape index (κ2) is 5.96. The molecule has 0 saturated heterocycles. The molecular weight excluding hydrogens is 278 g/mol. The number of carbonyl (C=O) groups is 1. The third-order valence-corrected chi connectivity index (χ3v) is 3.09. The second-order valence-corrected chi connectivity index (χ2v) is 5.20. The number of benzene rings is 1.